The quantitative estimate of drug-likeness (QED) is 0.891. The number of nitrogens with one attached hydrogen (secondary N) is 1. The Morgan fingerprint density at radius 3 is 2.45 bits per heavy atom. The number of nitrogens with zero attached hydrogens (tertiary/aromatic N) is 1. The second kappa shape index (κ2) is 6.29. The Balaban J connectivity index is 1.84. The van der Waals surface area contributed by atoms with E-state index in [4.69, 9.17) is 9.47 Å². The van der Waals surface area contributed by atoms with Crippen LogP contribution in [0.3, 0.4) is 0 Å². The average molecular weight is 274 g/mol. The molecule has 5 nitrogen and oxygen atoms in total. The normalized spacial score (nSPS) is 16.2. The van der Waals surface area contributed by atoms with Crippen LogP contribution >= 0.6 is 0 Å². The number of carbonyl (C=O) groups is 1. The maximum atomic E-state index is 11.8. The van der Waals surface area contributed by atoms with Gasteiger partial charge in [-0.1, -0.05) is 0 Å². The van der Waals surface area contributed by atoms with Gasteiger partial charge in [0.1, 0.15) is 17.0 Å². The zero-order valence-electron chi connectivity index (χ0n) is 11.5. The lowest BCUT2D eigenvalue weighted by molar-refractivity contribution is -0.124. The van der Waals surface area contributed by atoms with Crippen molar-refractivity contribution in [2.24, 2.45) is 0 Å². The zero-order valence-corrected chi connectivity index (χ0v) is 11.5. The highest BCUT2D eigenvalue weighted by molar-refractivity contribution is 5.79. The molecule has 0 unspecified atom stereocenters. The van der Waals surface area contributed by atoms with Crippen LogP contribution in [0, 0.1) is 11.3 Å². The molecule has 0 saturated heterocycles. The van der Waals surface area contributed by atoms with Gasteiger partial charge in [0, 0.05) is 0 Å². The van der Waals surface area contributed by atoms with E-state index in [2.05, 4.69) is 11.4 Å². The molecular formula is C15H18N2O3. The standard InChI is InChI=1S/C15H18N2O3/c1-19-12-4-6-13(7-5-12)20-10-14(18)17-15(11-16)8-2-3-9-15/h4-7H,2-3,8-10H2,1H3,(H,17,18). The van der Waals surface area contributed by atoms with Gasteiger partial charge in [-0.05, 0) is 49.9 Å². The number of hydrogen-bond acceptors (Lipinski definition) is 4. The van der Waals surface area contributed by atoms with E-state index in [1.54, 1.807) is 31.4 Å². The van der Waals surface area contributed by atoms with Gasteiger partial charge in [0.15, 0.2) is 6.61 Å². The number of rotatable bonds is 5. The summed E-state index contributed by atoms with van der Waals surface area (Å²) in [6.07, 6.45) is 3.40. The number of methoxy groups -OCH3 is 1. The monoisotopic (exact) mass is 274 g/mol. The van der Waals surface area contributed by atoms with Crippen LogP contribution in [0.4, 0.5) is 0 Å². The molecule has 1 aliphatic rings. The van der Waals surface area contributed by atoms with E-state index >= 15 is 0 Å². The Morgan fingerprint density at radius 2 is 1.90 bits per heavy atom. The number of amides is 1. The molecule has 20 heavy (non-hydrogen) atoms. The molecule has 5 heteroatoms. The van der Waals surface area contributed by atoms with Crippen molar-refractivity contribution in [3.05, 3.63) is 24.3 Å². The maximum Gasteiger partial charge on any atom is 0.259 e. The lowest BCUT2D eigenvalue weighted by Crippen LogP contribution is -2.47. The molecule has 0 aromatic heterocycles. The Labute approximate surface area is 118 Å². The van der Waals surface area contributed by atoms with Crippen molar-refractivity contribution in [3.63, 3.8) is 0 Å². The number of nitriles is 1. The van der Waals surface area contributed by atoms with Crippen molar-refractivity contribution in [2.45, 2.75) is 31.2 Å². The Morgan fingerprint density at radius 1 is 1.30 bits per heavy atom. The minimum absolute atomic E-state index is 0.0875. The van der Waals surface area contributed by atoms with E-state index in [9.17, 15) is 10.1 Å². The maximum absolute atomic E-state index is 11.8. The summed E-state index contributed by atoms with van der Waals surface area (Å²) in [7, 11) is 1.59. The van der Waals surface area contributed by atoms with Crippen LogP contribution in [-0.2, 0) is 4.79 Å². The van der Waals surface area contributed by atoms with Gasteiger partial charge in [-0.3, -0.25) is 4.79 Å². The van der Waals surface area contributed by atoms with Crippen LogP contribution in [0.5, 0.6) is 11.5 Å². The van der Waals surface area contributed by atoms with Crippen LogP contribution in [0.15, 0.2) is 24.3 Å². The predicted octanol–water partition coefficient (Wildman–Crippen LogP) is 2.03. The van der Waals surface area contributed by atoms with Crippen LogP contribution in [-0.4, -0.2) is 25.2 Å². The molecule has 0 radical (unpaired) electrons. The molecule has 1 saturated carbocycles. The molecule has 106 valence electrons. The molecule has 0 aliphatic heterocycles. The third kappa shape index (κ3) is 3.41. The summed E-state index contributed by atoms with van der Waals surface area (Å²) in [4.78, 5) is 11.8. The Kier molecular flexibility index (Phi) is 4.46. The minimum Gasteiger partial charge on any atom is -0.497 e. The molecule has 0 spiro atoms. The third-order valence-corrected chi connectivity index (χ3v) is 3.48. The Bertz CT molecular complexity index is 499. The first kappa shape index (κ1) is 14.2. The van der Waals surface area contributed by atoms with E-state index in [0.717, 1.165) is 31.4 Å². The number of hydrogen-bond donors (Lipinski definition) is 1. The number of ether oxygens (including phenoxy) is 2. The van der Waals surface area contributed by atoms with Crippen LogP contribution < -0.4 is 14.8 Å². The molecule has 1 aliphatic carbocycles. The van der Waals surface area contributed by atoms with Crippen LogP contribution in [0.1, 0.15) is 25.7 Å². The molecule has 1 fully saturated rings. The fourth-order valence-electron chi connectivity index (χ4n) is 2.37. The number of benzene rings is 1. The van der Waals surface area contributed by atoms with E-state index in [1.807, 2.05) is 0 Å². The fourth-order valence-corrected chi connectivity index (χ4v) is 2.37. The fraction of sp³-hybridized carbons (Fsp3) is 0.467. The molecule has 0 bridgehead atoms. The first-order valence-corrected chi connectivity index (χ1v) is 6.66. The molecule has 2 rings (SSSR count). The highest BCUT2D eigenvalue weighted by Crippen LogP contribution is 2.28. The molecule has 1 N–H and O–H groups in total. The molecule has 1 aromatic rings. The van der Waals surface area contributed by atoms with Gasteiger partial charge in [0.25, 0.3) is 5.91 Å². The van der Waals surface area contributed by atoms with E-state index in [-0.39, 0.29) is 12.5 Å². The van der Waals surface area contributed by atoms with Gasteiger partial charge < -0.3 is 14.8 Å². The Hall–Kier alpha value is -2.22. The lowest BCUT2D eigenvalue weighted by atomic mass is 10.00. The van der Waals surface area contributed by atoms with Gasteiger partial charge in [-0.2, -0.15) is 5.26 Å². The van der Waals surface area contributed by atoms with Gasteiger partial charge in [-0.25, -0.2) is 0 Å². The second-order valence-electron chi connectivity index (χ2n) is 4.91. The van der Waals surface area contributed by atoms with Crippen LogP contribution in [0.2, 0.25) is 0 Å². The van der Waals surface area contributed by atoms with E-state index in [0.29, 0.717) is 5.75 Å². The summed E-state index contributed by atoms with van der Waals surface area (Å²) in [6, 6.07) is 9.22. The highest BCUT2D eigenvalue weighted by Gasteiger charge is 2.35. The molecule has 1 aromatic carbocycles. The number of carbonyl (C=O) groups excluding carboxylic acids is 1. The summed E-state index contributed by atoms with van der Waals surface area (Å²) in [5.41, 5.74) is -0.694. The van der Waals surface area contributed by atoms with Gasteiger partial charge in [0.05, 0.1) is 13.2 Å². The van der Waals surface area contributed by atoms with Gasteiger partial charge >= 0.3 is 0 Å². The average Bonchev–Trinajstić information content (AvgIpc) is 2.95. The van der Waals surface area contributed by atoms with E-state index in [1.165, 1.54) is 0 Å². The first-order valence-electron chi connectivity index (χ1n) is 6.66. The smallest absolute Gasteiger partial charge is 0.259 e. The van der Waals surface area contributed by atoms with Crippen molar-refractivity contribution in [2.75, 3.05) is 13.7 Å². The van der Waals surface area contributed by atoms with Gasteiger partial charge in [0.2, 0.25) is 0 Å². The topological polar surface area (TPSA) is 71.3 Å². The first-order chi connectivity index (χ1) is 9.67. The van der Waals surface area contributed by atoms with Gasteiger partial charge in [-0.15, -0.1) is 0 Å². The second-order valence-corrected chi connectivity index (χ2v) is 4.91. The largest absolute Gasteiger partial charge is 0.497 e. The SMILES string of the molecule is COc1ccc(OCC(=O)NC2(C#N)CCCC2)cc1. The highest BCUT2D eigenvalue weighted by atomic mass is 16.5. The lowest BCUT2D eigenvalue weighted by Gasteiger charge is -2.21. The summed E-state index contributed by atoms with van der Waals surface area (Å²) in [6.45, 7) is -0.0875. The molecule has 1 amide bonds. The molecular weight excluding hydrogens is 256 g/mol. The molecule has 0 atom stereocenters. The summed E-state index contributed by atoms with van der Waals surface area (Å²) >= 11 is 0. The summed E-state index contributed by atoms with van der Waals surface area (Å²) in [5.74, 6) is 1.07. The van der Waals surface area contributed by atoms with Crippen molar-refractivity contribution >= 4 is 5.91 Å². The zero-order chi connectivity index (χ0) is 14.4. The van der Waals surface area contributed by atoms with Crippen LogP contribution in [0.25, 0.3) is 0 Å². The van der Waals surface area contributed by atoms with Crippen molar-refractivity contribution in [3.8, 4) is 17.6 Å². The van der Waals surface area contributed by atoms with E-state index < -0.39 is 5.54 Å². The van der Waals surface area contributed by atoms with Crippen molar-refractivity contribution in [1.82, 2.24) is 5.32 Å². The van der Waals surface area contributed by atoms with Crippen molar-refractivity contribution < 1.29 is 14.3 Å². The van der Waals surface area contributed by atoms with Crippen molar-refractivity contribution in [1.29, 1.82) is 5.26 Å². The third-order valence-electron chi connectivity index (χ3n) is 3.48. The summed E-state index contributed by atoms with van der Waals surface area (Å²) < 4.78 is 10.4. The summed E-state index contributed by atoms with van der Waals surface area (Å²) in [5, 5.41) is 12.0. The minimum atomic E-state index is -0.694. The predicted molar refractivity (Wildman–Crippen MR) is 73.4 cm³/mol. The molecule has 0 heterocycles.